The lowest BCUT2D eigenvalue weighted by atomic mass is 9.71. The van der Waals surface area contributed by atoms with Crippen molar-refractivity contribution in [2.24, 2.45) is 11.3 Å². The van der Waals surface area contributed by atoms with Gasteiger partial charge in [0.2, 0.25) is 5.91 Å². The molecule has 1 spiro atoms. The Kier molecular flexibility index (Phi) is 5.87. The van der Waals surface area contributed by atoms with Crippen molar-refractivity contribution in [3.8, 4) is 0 Å². The highest BCUT2D eigenvalue weighted by Crippen LogP contribution is 2.44. The molecule has 0 radical (unpaired) electrons. The summed E-state index contributed by atoms with van der Waals surface area (Å²) < 4.78 is 5.43. The van der Waals surface area contributed by atoms with E-state index in [1.165, 1.54) is 19.3 Å². The van der Waals surface area contributed by atoms with Crippen LogP contribution in [0, 0.1) is 11.3 Å². The minimum Gasteiger partial charge on any atom is -0.384 e. The average Bonchev–Trinajstić information content (AvgIpc) is 2.95. The Morgan fingerprint density at radius 2 is 1.80 bits per heavy atom. The third-order valence-corrected chi connectivity index (χ3v) is 6.60. The summed E-state index contributed by atoms with van der Waals surface area (Å²) in [6, 6.07) is 0.463. The molecule has 142 valence electrons. The molecule has 3 aliphatic rings. The zero-order valence-corrected chi connectivity index (χ0v) is 15.8. The smallest absolute Gasteiger partial charge is 0.317 e. The van der Waals surface area contributed by atoms with E-state index in [0.717, 1.165) is 51.9 Å². The Labute approximate surface area is 151 Å². The van der Waals surface area contributed by atoms with Crippen LogP contribution in [0.15, 0.2) is 0 Å². The molecule has 3 fully saturated rings. The van der Waals surface area contributed by atoms with Crippen LogP contribution < -0.4 is 5.32 Å². The first kappa shape index (κ1) is 18.5. The van der Waals surface area contributed by atoms with Gasteiger partial charge in [0.25, 0.3) is 0 Å². The van der Waals surface area contributed by atoms with E-state index in [1.807, 2.05) is 9.80 Å². The van der Waals surface area contributed by atoms with Gasteiger partial charge in [0, 0.05) is 52.2 Å². The number of nitrogens with zero attached hydrogens (tertiary/aromatic N) is 2. The number of likely N-dealkylation sites (tertiary alicyclic amines) is 2. The molecule has 0 aromatic carbocycles. The van der Waals surface area contributed by atoms with Gasteiger partial charge in [0.05, 0.1) is 6.61 Å². The first-order valence-electron chi connectivity index (χ1n) is 9.84. The second kappa shape index (κ2) is 7.94. The summed E-state index contributed by atoms with van der Waals surface area (Å²) in [7, 11) is 1.73. The van der Waals surface area contributed by atoms with Crippen LogP contribution in [0.3, 0.4) is 0 Å². The highest BCUT2D eigenvalue weighted by atomic mass is 16.5. The average molecular weight is 351 g/mol. The predicted octanol–water partition coefficient (Wildman–Crippen LogP) is 2.24. The van der Waals surface area contributed by atoms with E-state index in [2.05, 4.69) is 5.32 Å². The number of nitrogens with one attached hydrogen (secondary N) is 1. The van der Waals surface area contributed by atoms with Crippen LogP contribution >= 0.6 is 0 Å². The summed E-state index contributed by atoms with van der Waals surface area (Å²) in [6.45, 7) is 5.51. The second-order valence-electron chi connectivity index (χ2n) is 8.19. The van der Waals surface area contributed by atoms with Crippen LogP contribution in [0.25, 0.3) is 0 Å². The quantitative estimate of drug-likeness (QED) is 0.848. The van der Waals surface area contributed by atoms with E-state index < -0.39 is 0 Å². The molecule has 6 nitrogen and oxygen atoms in total. The van der Waals surface area contributed by atoms with Gasteiger partial charge in [-0.25, -0.2) is 4.79 Å². The number of hydrogen-bond acceptors (Lipinski definition) is 3. The summed E-state index contributed by atoms with van der Waals surface area (Å²) in [6.07, 6.45) is 7.92. The van der Waals surface area contributed by atoms with Crippen molar-refractivity contribution in [3.63, 3.8) is 0 Å². The van der Waals surface area contributed by atoms with Gasteiger partial charge in [-0.3, -0.25) is 4.79 Å². The first-order chi connectivity index (χ1) is 12.0. The van der Waals surface area contributed by atoms with Gasteiger partial charge in [0.1, 0.15) is 0 Å². The molecular weight excluding hydrogens is 318 g/mol. The number of urea groups is 1. The van der Waals surface area contributed by atoms with Crippen LogP contribution in [0.5, 0.6) is 0 Å². The number of piperidine rings is 1. The fourth-order valence-electron chi connectivity index (χ4n) is 4.94. The molecule has 2 aliphatic heterocycles. The molecule has 2 heterocycles. The highest BCUT2D eigenvalue weighted by Gasteiger charge is 2.49. The van der Waals surface area contributed by atoms with Gasteiger partial charge >= 0.3 is 6.03 Å². The van der Waals surface area contributed by atoms with Crippen molar-refractivity contribution in [3.05, 3.63) is 0 Å². The van der Waals surface area contributed by atoms with Crippen molar-refractivity contribution < 1.29 is 14.3 Å². The van der Waals surface area contributed by atoms with Crippen molar-refractivity contribution >= 4 is 11.9 Å². The molecule has 1 N–H and O–H groups in total. The van der Waals surface area contributed by atoms with Gasteiger partial charge < -0.3 is 19.9 Å². The molecule has 3 rings (SSSR count). The van der Waals surface area contributed by atoms with E-state index >= 15 is 0 Å². The summed E-state index contributed by atoms with van der Waals surface area (Å²) in [5, 5.41) is 3.23. The summed E-state index contributed by atoms with van der Waals surface area (Å²) in [4.78, 5) is 28.3. The fraction of sp³-hybridized carbons (Fsp3) is 0.895. The van der Waals surface area contributed by atoms with Crippen molar-refractivity contribution in [1.82, 2.24) is 15.1 Å². The van der Waals surface area contributed by atoms with Gasteiger partial charge in [-0.1, -0.05) is 19.3 Å². The van der Waals surface area contributed by atoms with Crippen molar-refractivity contribution in [2.45, 2.75) is 57.9 Å². The molecule has 1 unspecified atom stereocenters. The number of amides is 3. The Hall–Kier alpha value is -1.30. The zero-order chi connectivity index (χ0) is 17.9. The third-order valence-electron chi connectivity index (χ3n) is 6.60. The molecular formula is C19H33N3O3. The molecule has 25 heavy (non-hydrogen) atoms. The van der Waals surface area contributed by atoms with Crippen molar-refractivity contribution in [1.29, 1.82) is 0 Å². The largest absolute Gasteiger partial charge is 0.384 e. The summed E-state index contributed by atoms with van der Waals surface area (Å²) in [5.41, 5.74) is 0.114. The van der Waals surface area contributed by atoms with E-state index in [1.54, 1.807) is 14.0 Å². The van der Waals surface area contributed by atoms with E-state index in [-0.39, 0.29) is 17.4 Å². The van der Waals surface area contributed by atoms with Crippen LogP contribution in [0.4, 0.5) is 4.79 Å². The third kappa shape index (κ3) is 4.10. The lowest BCUT2D eigenvalue weighted by Gasteiger charge is -2.42. The lowest BCUT2D eigenvalue weighted by molar-refractivity contribution is -0.128. The maximum Gasteiger partial charge on any atom is 0.317 e. The van der Waals surface area contributed by atoms with E-state index in [4.69, 9.17) is 4.74 Å². The Bertz CT molecular complexity index is 482. The zero-order valence-electron chi connectivity index (χ0n) is 15.8. The van der Waals surface area contributed by atoms with Gasteiger partial charge in [0.15, 0.2) is 0 Å². The minimum atomic E-state index is 0.103. The maximum atomic E-state index is 12.6. The highest BCUT2D eigenvalue weighted by molar-refractivity contribution is 5.75. The van der Waals surface area contributed by atoms with Crippen LogP contribution in [-0.4, -0.2) is 67.7 Å². The Balaban J connectivity index is 1.56. The van der Waals surface area contributed by atoms with Crippen LogP contribution in [0.2, 0.25) is 0 Å². The molecule has 1 saturated carbocycles. The van der Waals surface area contributed by atoms with E-state index in [9.17, 15) is 9.59 Å². The van der Waals surface area contributed by atoms with Gasteiger partial charge in [-0.05, 0) is 31.1 Å². The molecule has 0 aromatic rings. The molecule has 6 heteroatoms. The number of methoxy groups -OCH3 is 1. The van der Waals surface area contributed by atoms with E-state index in [0.29, 0.717) is 18.6 Å². The van der Waals surface area contributed by atoms with Crippen LogP contribution in [-0.2, 0) is 9.53 Å². The minimum absolute atomic E-state index is 0.103. The molecule has 0 bridgehead atoms. The van der Waals surface area contributed by atoms with Gasteiger partial charge in [-0.15, -0.1) is 0 Å². The van der Waals surface area contributed by atoms with Crippen LogP contribution in [0.1, 0.15) is 51.9 Å². The Morgan fingerprint density at radius 1 is 1.12 bits per heavy atom. The normalized spacial score (nSPS) is 26.9. The summed E-state index contributed by atoms with van der Waals surface area (Å²) in [5.74, 6) is 0.528. The number of ether oxygens (including phenoxy) is 1. The van der Waals surface area contributed by atoms with Crippen molar-refractivity contribution in [2.75, 3.05) is 39.9 Å². The fourth-order valence-corrected chi connectivity index (χ4v) is 4.94. The second-order valence-corrected chi connectivity index (χ2v) is 8.19. The number of hydrogen-bond donors (Lipinski definition) is 1. The summed E-state index contributed by atoms with van der Waals surface area (Å²) >= 11 is 0. The number of carbonyl (C=O) groups excluding carboxylic acids is 2. The lowest BCUT2D eigenvalue weighted by Crippen LogP contribution is -2.52. The SMILES string of the molecule is COCC1CN(C(C)=O)CC12CCN(C(=O)NC1CCCCC1)CC2. The first-order valence-corrected chi connectivity index (χ1v) is 9.84. The topological polar surface area (TPSA) is 61.9 Å². The molecule has 1 aliphatic carbocycles. The Morgan fingerprint density at radius 3 is 2.40 bits per heavy atom. The molecule has 1 atom stereocenters. The number of carbonyl (C=O) groups is 2. The maximum absolute atomic E-state index is 12.6. The molecule has 2 saturated heterocycles. The predicted molar refractivity (Wildman–Crippen MR) is 96.3 cm³/mol. The monoisotopic (exact) mass is 351 g/mol. The van der Waals surface area contributed by atoms with Gasteiger partial charge in [-0.2, -0.15) is 0 Å². The molecule has 3 amide bonds. The standard InChI is InChI=1S/C19H33N3O3/c1-15(23)22-12-16(13-25-2)19(14-22)8-10-21(11-9-19)18(24)20-17-6-4-3-5-7-17/h16-17H,3-14H2,1-2H3,(H,20,24). The number of rotatable bonds is 3. The molecule has 0 aromatic heterocycles.